The molecule has 0 fully saturated rings. The van der Waals surface area contributed by atoms with E-state index in [2.05, 4.69) is 0 Å². The SMILES string of the molecule is COc1ccc(F)c(-c2ccc3c(c2Cl)CC[C@H]3Oc2cccc([C@H](O)CC(O)O)c2)c1. The second-order valence-corrected chi connectivity index (χ2v) is 8.17. The number of halogens is 2. The first kappa shape index (κ1) is 22.6. The van der Waals surface area contributed by atoms with Gasteiger partial charge < -0.3 is 24.8 Å². The van der Waals surface area contributed by atoms with Gasteiger partial charge in [-0.3, -0.25) is 0 Å². The van der Waals surface area contributed by atoms with Crippen molar-refractivity contribution in [2.75, 3.05) is 7.11 Å². The monoisotopic (exact) mass is 458 g/mol. The fraction of sp³-hybridized carbons (Fsp3) is 0.280. The molecule has 0 heterocycles. The number of ether oxygens (including phenoxy) is 2. The minimum atomic E-state index is -1.60. The van der Waals surface area contributed by atoms with E-state index in [-0.39, 0.29) is 18.3 Å². The molecule has 1 aliphatic carbocycles. The summed E-state index contributed by atoms with van der Waals surface area (Å²) in [7, 11) is 1.53. The number of rotatable bonds is 7. The Bertz CT molecular complexity index is 1120. The van der Waals surface area contributed by atoms with Crippen molar-refractivity contribution in [3.05, 3.63) is 82.1 Å². The molecule has 4 rings (SSSR count). The number of fused-ring (bicyclic) bond motifs is 1. The highest BCUT2D eigenvalue weighted by molar-refractivity contribution is 6.34. The van der Waals surface area contributed by atoms with Crippen molar-refractivity contribution in [3.63, 3.8) is 0 Å². The van der Waals surface area contributed by atoms with Crippen molar-refractivity contribution >= 4 is 11.6 Å². The van der Waals surface area contributed by atoms with Crippen LogP contribution in [0.2, 0.25) is 5.02 Å². The average molecular weight is 459 g/mol. The van der Waals surface area contributed by atoms with E-state index in [1.807, 2.05) is 6.07 Å². The van der Waals surface area contributed by atoms with E-state index in [0.29, 0.717) is 46.1 Å². The van der Waals surface area contributed by atoms with E-state index in [1.165, 1.54) is 13.2 Å². The Hall–Kier alpha value is -2.64. The topological polar surface area (TPSA) is 79.2 Å². The molecule has 1 aliphatic rings. The first-order valence-corrected chi connectivity index (χ1v) is 10.7. The van der Waals surface area contributed by atoms with Crippen LogP contribution in [0, 0.1) is 5.82 Å². The molecule has 0 aliphatic heterocycles. The summed E-state index contributed by atoms with van der Waals surface area (Å²) in [6.45, 7) is 0. The van der Waals surface area contributed by atoms with Gasteiger partial charge in [0.2, 0.25) is 0 Å². The van der Waals surface area contributed by atoms with Crippen molar-refractivity contribution in [3.8, 4) is 22.6 Å². The smallest absolute Gasteiger partial charge is 0.154 e. The Morgan fingerprint density at radius 1 is 1.03 bits per heavy atom. The summed E-state index contributed by atoms with van der Waals surface area (Å²) in [5.74, 6) is 0.739. The van der Waals surface area contributed by atoms with Gasteiger partial charge in [0.25, 0.3) is 0 Å². The number of benzene rings is 3. The molecule has 0 saturated heterocycles. The van der Waals surface area contributed by atoms with Crippen LogP contribution in [0.15, 0.2) is 54.6 Å². The van der Waals surface area contributed by atoms with Gasteiger partial charge in [0.15, 0.2) is 6.29 Å². The molecule has 0 radical (unpaired) electrons. The lowest BCUT2D eigenvalue weighted by Gasteiger charge is -2.18. The van der Waals surface area contributed by atoms with E-state index in [9.17, 15) is 9.50 Å². The summed E-state index contributed by atoms with van der Waals surface area (Å²) >= 11 is 6.70. The highest BCUT2D eigenvalue weighted by Crippen LogP contribution is 2.43. The van der Waals surface area contributed by atoms with Crippen molar-refractivity contribution in [1.29, 1.82) is 0 Å². The third-order valence-electron chi connectivity index (χ3n) is 5.70. The maximum absolute atomic E-state index is 14.5. The molecule has 0 bridgehead atoms. The van der Waals surface area contributed by atoms with E-state index >= 15 is 0 Å². The average Bonchev–Trinajstić information content (AvgIpc) is 3.18. The molecule has 0 unspecified atom stereocenters. The van der Waals surface area contributed by atoms with Crippen LogP contribution in [0.4, 0.5) is 4.39 Å². The van der Waals surface area contributed by atoms with Gasteiger partial charge in [0.05, 0.1) is 18.2 Å². The fourth-order valence-electron chi connectivity index (χ4n) is 4.09. The highest BCUT2D eigenvalue weighted by Gasteiger charge is 2.28. The molecule has 0 aromatic heterocycles. The molecule has 0 spiro atoms. The standard InChI is InChI=1S/C25H24ClFO5/c1-31-15-5-9-21(27)20(12-15)19-7-6-17-18(25(19)26)8-10-23(17)32-16-4-2-3-14(11-16)22(28)13-24(29)30/h2-7,9,11-12,22-24,28-30H,8,10,13H2,1H3/t22-,23-/m1/s1. The number of hydrogen-bond donors (Lipinski definition) is 3. The van der Waals surface area contributed by atoms with Gasteiger partial charge in [-0.15, -0.1) is 0 Å². The van der Waals surface area contributed by atoms with Gasteiger partial charge in [-0.25, -0.2) is 4.39 Å². The third kappa shape index (κ3) is 4.59. The van der Waals surface area contributed by atoms with Crippen LogP contribution in [-0.2, 0) is 6.42 Å². The second-order valence-electron chi connectivity index (χ2n) is 7.79. The Labute approximate surface area is 190 Å². The minimum absolute atomic E-state index is 0.186. The molecule has 5 nitrogen and oxygen atoms in total. The third-order valence-corrected chi connectivity index (χ3v) is 6.13. The van der Waals surface area contributed by atoms with E-state index in [0.717, 1.165) is 11.1 Å². The number of aliphatic hydroxyl groups is 3. The lowest BCUT2D eigenvalue weighted by atomic mass is 9.99. The van der Waals surface area contributed by atoms with Gasteiger partial charge in [-0.1, -0.05) is 35.9 Å². The summed E-state index contributed by atoms with van der Waals surface area (Å²) in [5, 5.41) is 28.8. The molecule has 32 heavy (non-hydrogen) atoms. The second kappa shape index (κ2) is 9.46. The van der Waals surface area contributed by atoms with Crippen LogP contribution in [-0.4, -0.2) is 28.7 Å². The van der Waals surface area contributed by atoms with Crippen LogP contribution in [0.1, 0.15) is 41.7 Å². The zero-order chi connectivity index (χ0) is 22.8. The van der Waals surface area contributed by atoms with E-state index < -0.39 is 12.4 Å². The predicted octanol–water partition coefficient (Wildman–Crippen LogP) is 4.96. The molecule has 7 heteroatoms. The van der Waals surface area contributed by atoms with Crippen LogP contribution in [0.5, 0.6) is 11.5 Å². The van der Waals surface area contributed by atoms with Gasteiger partial charge >= 0.3 is 0 Å². The lowest BCUT2D eigenvalue weighted by Crippen LogP contribution is -2.11. The number of hydrogen-bond acceptors (Lipinski definition) is 5. The predicted molar refractivity (Wildman–Crippen MR) is 119 cm³/mol. The quantitative estimate of drug-likeness (QED) is 0.436. The zero-order valence-corrected chi connectivity index (χ0v) is 18.2. The zero-order valence-electron chi connectivity index (χ0n) is 17.5. The Morgan fingerprint density at radius 2 is 1.84 bits per heavy atom. The lowest BCUT2D eigenvalue weighted by molar-refractivity contribution is -0.0704. The van der Waals surface area contributed by atoms with E-state index in [4.69, 9.17) is 31.3 Å². The van der Waals surface area contributed by atoms with Crippen molar-refractivity contribution < 1.29 is 29.2 Å². The Kier molecular flexibility index (Phi) is 6.67. The largest absolute Gasteiger partial charge is 0.497 e. The van der Waals surface area contributed by atoms with Crippen LogP contribution in [0.25, 0.3) is 11.1 Å². The Balaban J connectivity index is 1.59. The van der Waals surface area contributed by atoms with Gasteiger partial charge in [-0.05, 0) is 59.9 Å². The molecule has 3 aromatic carbocycles. The maximum Gasteiger partial charge on any atom is 0.154 e. The van der Waals surface area contributed by atoms with Crippen LogP contribution < -0.4 is 9.47 Å². The molecule has 3 aromatic rings. The molecule has 3 N–H and O–H groups in total. The molecule has 0 saturated carbocycles. The molecular weight excluding hydrogens is 435 g/mol. The molecule has 168 valence electrons. The van der Waals surface area contributed by atoms with Crippen molar-refractivity contribution in [1.82, 2.24) is 0 Å². The van der Waals surface area contributed by atoms with E-state index in [1.54, 1.807) is 42.5 Å². The molecule has 2 atom stereocenters. The maximum atomic E-state index is 14.5. The highest BCUT2D eigenvalue weighted by atomic mass is 35.5. The fourth-order valence-corrected chi connectivity index (χ4v) is 4.45. The van der Waals surface area contributed by atoms with Crippen molar-refractivity contribution in [2.45, 2.75) is 37.8 Å². The summed E-state index contributed by atoms with van der Waals surface area (Å²) < 4.78 is 25.9. The Morgan fingerprint density at radius 3 is 2.59 bits per heavy atom. The minimum Gasteiger partial charge on any atom is -0.497 e. The summed E-state index contributed by atoms with van der Waals surface area (Å²) in [5.41, 5.74) is 3.40. The first-order valence-electron chi connectivity index (χ1n) is 10.3. The van der Waals surface area contributed by atoms with Gasteiger partial charge in [-0.2, -0.15) is 0 Å². The van der Waals surface area contributed by atoms with Crippen LogP contribution >= 0.6 is 11.6 Å². The molecule has 0 amide bonds. The van der Waals surface area contributed by atoms with Crippen LogP contribution in [0.3, 0.4) is 0 Å². The summed E-state index contributed by atoms with van der Waals surface area (Å²) in [6.07, 6.45) is -1.62. The summed E-state index contributed by atoms with van der Waals surface area (Å²) in [6, 6.07) is 15.2. The van der Waals surface area contributed by atoms with Gasteiger partial charge in [0.1, 0.15) is 23.4 Å². The number of methoxy groups -OCH3 is 1. The molecular formula is C25H24ClFO5. The summed E-state index contributed by atoms with van der Waals surface area (Å²) in [4.78, 5) is 0. The first-order chi connectivity index (χ1) is 15.4. The van der Waals surface area contributed by atoms with Gasteiger partial charge in [0, 0.05) is 17.5 Å². The number of aliphatic hydroxyl groups excluding tert-OH is 2. The normalized spacial score (nSPS) is 16.2. The van der Waals surface area contributed by atoms with Crippen molar-refractivity contribution in [2.24, 2.45) is 0 Å².